The Morgan fingerprint density at radius 3 is 1.60 bits per heavy atom. The van der Waals surface area contributed by atoms with E-state index in [4.69, 9.17) is 23.8 Å². The minimum Gasteiger partial charge on any atom is -0.456 e. The van der Waals surface area contributed by atoms with Gasteiger partial charge in [0, 0.05) is 38.2 Å². The lowest BCUT2D eigenvalue weighted by Gasteiger charge is -2.14. The highest BCUT2D eigenvalue weighted by atomic mass is 16.3. The van der Waals surface area contributed by atoms with Gasteiger partial charge in [0.05, 0.1) is 0 Å². The highest BCUT2D eigenvalue weighted by molar-refractivity contribution is 6.19. The van der Waals surface area contributed by atoms with Gasteiger partial charge in [0.2, 0.25) is 0 Å². The molecule has 316 valence electrons. The Kier molecular flexibility index (Phi) is 8.52. The van der Waals surface area contributed by atoms with Crippen LogP contribution in [0.15, 0.2) is 233 Å². The van der Waals surface area contributed by atoms with Crippen molar-refractivity contribution in [1.29, 1.82) is 0 Å². The number of furan rings is 2. The summed E-state index contributed by atoms with van der Waals surface area (Å²) in [5, 5.41) is 11.4. The molecular weight excluding hydrogens is 831 g/mol. The topological polar surface area (TPSA) is 65.0 Å². The molecule has 0 saturated heterocycles. The first-order valence-corrected chi connectivity index (χ1v) is 22.9. The first kappa shape index (κ1) is 38.1. The summed E-state index contributed by atoms with van der Waals surface area (Å²) in [6.45, 7) is 0. The van der Waals surface area contributed by atoms with Crippen LogP contribution in [0, 0.1) is 0 Å². The maximum absolute atomic E-state index is 6.38. The molecule has 3 heterocycles. The number of hydrogen-bond donors (Lipinski definition) is 0. The second-order valence-electron chi connectivity index (χ2n) is 17.6. The van der Waals surface area contributed by atoms with E-state index in [0.717, 1.165) is 105 Å². The van der Waals surface area contributed by atoms with Crippen LogP contribution in [0.4, 0.5) is 0 Å². The smallest absolute Gasteiger partial charge is 0.164 e. The van der Waals surface area contributed by atoms with Crippen molar-refractivity contribution in [3.8, 4) is 67.5 Å². The van der Waals surface area contributed by atoms with E-state index in [9.17, 15) is 0 Å². The minimum atomic E-state index is 0.564. The average molecular weight is 868 g/mol. The van der Waals surface area contributed by atoms with Gasteiger partial charge in [-0.3, -0.25) is 0 Å². The Hall–Kier alpha value is -9.19. The standard InChI is InChI=1S/C63H37N3O2/c1-2-11-38(12-3-1)47-33-48(51-19-10-15-39-13-4-6-16-50(39)51)35-49(34-47)63-65-61(64-62(66-63)46-25-28-54-53-18-8-9-20-56(53)68-59(54)37-46)45-24-23-41-31-42(21-22-43(41)32-45)44-27-29-57-55(36-44)60-52-17-7-5-14-40(52)26-30-58(60)67-57/h1-37H. The zero-order chi connectivity index (χ0) is 44.7. The average Bonchev–Trinajstić information content (AvgIpc) is 3.98. The van der Waals surface area contributed by atoms with E-state index in [1.54, 1.807) is 0 Å². The fourth-order valence-electron chi connectivity index (χ4n) is 10.1. The molecule has 5 nitrogen and oxygen atoms in total. The molecular formula is C63H37N3O2. The van der Waals surface area contributed by atoms with Crippen molar-refractivity contribution in [2.75, 3.05) is 0 Å². The fraction of sp³-hybridized carbons (Fsp3) is 0. The third kappa shape index (κ3) is 6.36. The van der Waals surface area contributed by atoms with Crippen LogP contribution >= 0.6 is 0 Å². The maximum Gasteiger partial charge on any atom is 0.164 e. The molecule has 0 atom stereocenters. The summed E-state index contributed by atoms with van der Waals surface area (Å²) in [4.78, 5) is 15.8. The van der Waals surface area contributed by atoms with Gasteiger partial charge in [-0.05, 0) is 132 Å². The van der Waals surface area contributed by atoms with Crippen molar-refractivity contribution < 1.29 is 8.83 Å². The van der Waals surface area contributed by atoms with Crippen molar-refractivity contribution in [2.45, 2.75) is 0 Å². The summed E-state index contributed by atoms with van der Waals surface area (Å²) in [7, 11) is 0. The third-order valence-corrected chi connectivity index (χ3v) is 13.5. The van der Waals surface area contributed by atoms with E-state index in [1.807, 2.05) is 24.3 Å². The summed E-state index contributed by atoms with van der Waals surface area (Å²) in [6.07, 6.45) is 0. The molecule has 0 radical (unpaired) electrons. The first-order chi connectivity index (χ1) is 33.6. The highest BCUT2D eigenvalue weighted by Crippen LogP contribution is 2.40. The van der Waals surface area contributed by atoms with Crippen molar-refractivity contribution in [1.82, 2.24) is 15.0 Å². The molecule has 11 aromatic carbocycles. The molecule has 0 amide bonds. The van der Waals surface area contributed by atoms with E-state index in [-0.39, 0.29) is 0 Å². The zero-order valence-corrected chi connectivity index (χ0v) is 36.5. The van der Waals surface area contributed by atoms with Gasteiger partial charge in [0.15, 0.2) is 17.5 Å². The van der Waals surface area contributed by atoms with Gasteiger partial charge in [-0.15, -0.1) is 0 Å². The molecule has 0 aliphatic heterocycles. The lowest BCUT2D eigenvalue weighted by molar-refractivity contribution is 0.668. The van der Waals surface area contributed by atoms with Crippen molar-refractivity contribution in [2.24, 2.45) is 0 Å². The number of hydrogen-bond acceptors (Lipinski definition) is 5. The Labute approximate surface area is 390 Å². The van der Waals surface area contributed by atoms with Crippen LogP contribution in [0.2, 0.25) is 0 Å². The van der Waals surface area contributed by atoms with E-state index in [2.05, 4.69) is 200 Å². The van der Waals surface area contributed by atoms with Gasteiger partial charge in [-0.2, -0.15) is 0 Å². The largest absolute Gasteiger partial charge is 0.456 e. The van der Waals surface area contributed by atoms with Crippen molar-refractivity contribution in [3.05, 3.63) is 224 Å². The second kappa shape index (κ2) is 15.2. The third-order valence-electron chi connectivity index (χ3n) is 13.5. The molecule has 0 aliphatic rings. The lowest BCUT2D eigenvalue weighted by atomic mass is 9.93. The Morgan fingerprint density at radius 2 is 0.765 bits per heavy atom. The lowest BCUT2D eigenvalue weighted by Crippen LogP contribution is -2.01. The van der Waals surface area contributed by atoms with Crippen molar-refractivity contribution >= 4 is 76.2 Å². The molecule has 0 bridgehead atoms. The Bertz CT molecular complexity index is 4330. The molecule has 0 N–H and O–H groups in total. The van der Waals surface area contributed by atoms with Crippen LogP contribution < -0.4 is 0 Å². The minimum absolute atomic E-state index is 0.564. The van der Waals surface area contributed by atoms with Crippen molar-refractivity contribution in [3.63, 3.8) is 0 Å². The van der Waals surface area contributed by atoms with Gasteiger partial charge in [0.1, 0.15) is 22.3 Å². The summed E-state index contributed by atoms with van der Waals surface area (Å²) in [5.74, 6) is 1.73. The predicted molar refractivity (Wildman–Crippen MR) is 280 cm³/mol. The normalized spacial score (nSPS) is 11.8. The van der Waals surface area contributed by atoms with E-state index in [1.165, 1.54) is 21.5 Å². The number of nitrogens with zero attached hydrogens (tertiary/aromatic N) is 3. The molecule has 68 heavy (non-hydrogen) atoms. The van der Waals surface area contributed by atoms with Gasteiger partial charge >= 0.3 is 0 Å². The molecule has 0 spiro atoms. The molecule has 3 aromatic heterocycles. The molecule has 14 aromatic rings. The van der Waals surface area contributed by atoms with E-state index >= 15 is 0 Å². The van der Waals surface area contributed by atoms with Crippen LogP contribution in [0.3, 0.4) is 0 Å². The van der Waals surface area contributed by atoms with Crippen LogP contribution in [0.1, 0.15) is 0 Å². The number of benzene rings is 11. The SMILES string of the molecule is c1ccc(-c2cc(-c3nc(-c4ccc5cc(-c6ccc7oc8ccc9ccccc9c8c7c6)ccc5c4)nc(-c4ccc5c(c4)oc4ccccc45)n3)cc(-c3cccc4ccccc34)c2)cc1. The summed E-state index contributed by atoms with van der Waals surface area (Å²) >= 11 is 0. The molecule has 5 heteroatoms. The maximum atomic E-state index is 6.38. The van der Waals surface area contributed by atoms with Crippen LogP contribution in [0.25, 0.3) is 144 Å². The van der Waals surface area contributed by atoms with Crippen LogP contribution in [-0.4, -0.2) is 15.0 Å². The summed E-state index contributed by atoms with van der Waals surface area (Å²) in [6, 6.07) is 79.0. The number of para-hydroxylation sites is 1. The van der Waals surface area contributed by atoms with E-state index < -0.39 is 0 Å². The predicted octanol–water partition coefficient (Wildman–Crippen LogP) is 17.1. The van der Waals surface area contributed by atoms with Crippen LogP contribution in [-0.2, 0) is 0 Å². The Balaban J connectivity index is 0.922. The number of fused-ring (bicyclic) bond motifs is 10. The molecule has 14 rings (SSSR count). The van der Waals surface area contributed by atoms with Gasteiger partial charge in [-0.25, -0.2) is 15.0 Å². The van der Waals surface area contributed by atoms with Gasteiger partial charge < -0.3 is 8.83 Å². The molecule has 0 fully saturated rings. The highest BCUT2D eigenvalue weighted by Gasteiger charge is 2.18. The number of aromatic nitrogens is 3. The molecule has 0 aliphatic carbocycles. The summed E-state index contributed by atoms with van der Waals surface area (Å²) in [5.41, 5.74) is 12.7. The Morgan fingerprint density at radius 1 is 0.235 bits per heavy atom. The quantitative estimate of drug-likeness (QED) is 0.167. The fourth-order valence-corrected chi connectivity index (χ4v) is 10.1. The van der Waals surface area contributed by atoms with E-state index in [0.29, 0.717) is 17.5 Å². The molecule has 0 unspecified atom stereocenters. The second-order valence-corrected chi connectivity index (χ2v) is 17.6. The first-order valence-electron chi connectivity index (χ1n) is 22.9. The number of rotatable bonds is 6. The van der Waals surface area contributed by atoms with Gasteiger partial charge in [-0.1, -0.05) is 158 Å². The monoisotopic (exact) mass is 867 g/mol. The molecule has 0 saturated carbocycles. The van der Waals surface area contributed by atoms with Gasteiger partial charge in [0.25, 0.3) is 0 Å². The summed E-state index contributed by atoms with van der Waals surface area (Å²) < 4.78 is 12.7. The zero-order valence-electron chi connectivity index (χ0n) is 36.5. The van der Waals surface area contributed by atoms with Crippen LogP contribution in [0.5, 0.6) is 0 Å².